The summed E-state index contributed by atoms with van der Waals surface area (Å²) < 4.78 is 56.3. The van der Waals surface area contributed by atoms with E-state index in [0.29, 0.717) is 45.6 Å². The molecule has 5 nitrogen and oxygen atoms in total. The van der Waals surface area contributed by atoms with E-state index in [2.05, 4.69) is 9.97 Å². The summed E-state index contributed by atoms with van der Waals surface area (Å²) in [6, 6.07) is 18.0. The number of alkyl halides is 3. The number of halogens is 3. The third kappa shape index (κ3) is 3.53. The summed E-state index contributed by atoms with van der Waals surface area (Å²) >= 11 is 0. The van der Waals surface area contributed by atoms with Crippen LogP contribution in [0.4, 0.5) is 13.2 Å². The molecular formula is C24H17F3N2O3. The average molecular weight is 438 g/mol. The van der Waals surface area contributed by atoms with Crippen LogP contribution >= 0.6 is 0 Å². The molecule has 0 bridgehead atoms. The number of fused-ring (bicyclic) bond motifs is 1. The first-order valence-electron chi connectivity index (χ1n) is 9.75. The van der Waals surface area contributed by atoms with Crippen molar-refractivity contribution < 1.29 is 27.4 Å². The number of rotatable bonds is 4. The Hall–Kier alpha value is -3.94. The molecule has 0 saturated heterocycles. The van der Waals surface area contributed by atoms with Crippen LogP contribution in [0.3, 0.4) is 0 Å². The van der Waals surface area contributed by atoms with E-state index >= 15 is 0 Å². The van der Waals surface area contributed by atoms with E-state index in [1.54, 1.807) is 18.2 Å². The van der Waals surface area contributed by atoms with Gasteiger partial charge in [-0.3, -0.25) is 0 Å². The molecule has 0 saturated carbocycles. The van der Waals surface area contributed by atoms with Crippen LogP contribution in [0.25, 0.3) is 33.9 Å². The van der Waals surface area contributed by atoms with Gasteiger partial charge in [0.1, 0.15) is 5.82 Å². The quantitative estimate of drug-likeness (QED) is 0.414. The van der Waals surface area contributed by atoms with Gasteiger partial charge in [-0.05, 0) is 24.3 Å². The monoisotopic (exact) mass is 438 g/mol. The van der Waals surface area contributed by atoms with Crippen LogP contribution in [0.1, 0.15) is 5.56 Å². The number of imidazole rings is 1. The first-order valence-corrected chi connectivity index (χ1v) is 9.75. The summed E-state index contributed by atoms with van der Waals surface area (Å²) in [7, 11) is 1.52. The molecule has 2 heterocycles. The molecule has 162 valence electrons. The van der Waals surface area contributed by atoms with Gasteiger partial charge in [-0.2, -0.15) is 13.2 Å². The lowest BCUT2D eigenvalue weighted by molar-refractivity contribution is -0.137. The minimum Gasteiger partial charge on any atom is -0.493 e. The van der Waals surface area contributed by atoms with Gasteiger partial charge in [-0.25, -0.2) is 4.98 Å². The molecule has 5 rings (SSSR count). The highest BCUT2D eigenvalue weighted by Crippen LogP contribution is 2.45. The number of benzene rings is 3. The summed E-state index contributed by atoms with van der Waals surface area (Å²) in [5.41, 5.74) is 2.09. The molecule has 1 aromatic heterocycles. The third-order valence-electron chi connectivity index (χ3n) is 5.16. The molecule has 8 heteroatoms. The molecule has 0 spiro atoms. The van der Waals surface area contributed by atoms with Crippen molar-refractivity contribution in [1.29, 1.82) is 0 Å². The molecule has 0 fully saturated rings. The summed E-state index contributed by atoms with van der Waals surface area (Å²) in [6.45, 7) is 0.0814. The molecule has 1 aliphatic rings. The number of aromatic nitrogens is 2. The van der Waals surface area contributed by atoms with E-state index in [-0.39, 0.29) is 6.79 Å². The Morgan fingerprint density at radius 3 is 2.44 bits per heavy atom. The zero-order chi connectivity index (χ0) is 22.3. The van der Waals surface area contributed by atoms with Crippen molar-refractivity contribution in [3.63, 3.8) is 0 Å². The van der Waals surface area contributed by atoms with Crippen molar-refractivity contribution >= 4 is 0 Å². The number of methoxy groups -OCH3 is 1. The Labute approximate surface area is 181 Å². The Morgan fingerprint density at radius 1 is 0.906 bits per heavy atom. The maximum absolute atomic E-state index is 13.3. The number of nitrogens with zero attached hydrogens (tertiary/aromatic N) is 1. The minimum absolute atomic E-state index is 0.0814. The molecule has 32 heavy (non-hydrogen) atoms. The molecule has 0 aliphatic carbocycles. The second-order valence-corrected chi connectivity index (χ2v) is 7.17. The van der Waals surface area contributed by atoms with Gasteiger partial charge >= 0.3 is 6.18 Å². The average Bonchev–Trinajstić information content (AvgIpc) is 3.46. The highest BCUT2D eigenvalue weighted by molar-refractivity contribution is 5.82. The van der Waals surface area contributed by atoms with Crippen LogP contribution in [0.5, 0.6) is 17.2 Å². The lowest BCUT2D eigenvalue weighted by Gasteiger charge is -2.09. The topological polar surface area (TPSA) is 56.4 Å². The summed E-state index contributed by atoms with van der Waals surface area (Å²) in [6.07, 6.45) is -4.45. The molecule has 0 amide bonds. The Morgan fingerprint density at radius 2 is 1.69 bits per heavy atom. The number of ether oxygens (including phenoxy) is 3. The van der Waals surface area contributed by atoms with Crippen molar-refractivity contribution in [2.45, 2.75) is 6.18 Å². The van der Waals surface area contributed by atoms with E-state index in [9.17, 15) is 13.2 Å². The van der Waals surface area contributed by atoms with Crippen LogP contribution in [0, 0.1) is 0 Å². The van der Waals surface area contributed by atoms with E-state index < -0.39 is 11.7 Å². The fourth-order valence-corrected chi connectivity index (χ4v) is 3.64. The van der Waals surface area contributed by atoms with E-state index in [1.165, 1.54) is 13.2 Å². The molecule has 0 radical (unpaired) electrons. The van der Waals surface area contributed by atoms with Gasteiger partial charge in [0.05, 0.1) is 24.1 Å². The number of H-pyrrole nitrogens is 1. The molecule has 0 atom stereocenters. The van der Waals surface area contributed by atoms with Gasteiger partial charge in [0.25, 0.3) is 0 Å². The van der Waals surface area contributed by atoms with Crippen molar-refractivity contribution in [2.75, 3.05) is 13.9 Å². The van der Waals surface area contributed by atoms with Crippen molar-refractivity contribution in [1.82, 2.24) is 9.97 Å². The van der Waals surface area contributed by atoms with Gasteiger partial charge in [0.2, 0.25) is 12.5 Å². The molecule has 1 aliphatic heterocycles. The first kappa shape index (κ1) is 20.0. The predicted octanol–water partition coefficient (Wildman–Crippen LogP) is 6.17. The van der Waals surface area contributed by atoms with Crippen LogP contribution in [-0.4, -0.2) is 23.9 Å². The highest BCUT2D eigenvalue weighted by atomic mass is 19.4. The van der Waals surface area contributed by atoms with Gasteiger partial charge in [0.15, 0.2) is 11.5 Å². The summed E-state index contributed by atoms with van der Waals surface area (Å²) in [4.78, 5) is 7.95. The summed E-state index contributed by atoms with van der Waals surface area (Å²) in [5.74, 6) is 1.96. The van der Waals surface area contributed by atoms with E-state index in [1.807, 2.05) is 30.3 Å². The summed E-state index contributed by atoms with van der Waals surface area (Å²) in [5, 5.41) is 0. The smallest absolute Gasteiger partial charge is 0.416 e. The third-order valence-corrected chi connectivity index (χ3v) is 5.16. The maximum atomic E-state index is 13.3. The van der Waals surface area contributed by atoms with E-state index in [0.717, 1.165) is 17.7 Å². The Kier molecular flexibility index (Phi) is 4.77. The first-order chi connectivity index (χ1) is 15.4. The molecule has 1 N–H and O–H groups in total. The lowest BCUT2D eigenvalue weighted by atomic mass is 10.0. The number of hydrogen-bond acceptors (Lipinski definition) is 4. The number of hydrogen-bond donors (Lipinski definition) is 1. The van der Waals surface area contributed by atoms with E-state index in [4.69, 9.17) is 14.2 Å². The highest BCUT2D eigenvalue weighted by Gasteiger charge is 2.31. The standard InChI is InChI=1S/C24H17F3N2O3/c1-30-18-11-16(12-19-22(18)32-13-31-19)23-28-20(14-6-3-2-4-7-14)21(29-23)15-8-5-9-17(10-15)24(25,26)27/h2-12H,13H2,1H3,(H,28,29). The SMILES string of the molecule is COc1cc(-c2nc(-c3cccc(C(F)(F)F)c3)c(-c3ccccc3)[nH]2)cc2c1OCO2. The maximum Gasteiger partial charge on any atom is 0.416 e. The largest absolute Gasteiger partial charge is 0.493 e. The van der Waals surface area contributed by atoms with Gasteiger partial charge in [-0.15, -0.1) is 0 Å². The van der Waals surface area contributed by atoms with Crippen molar-refractivity contribution in [3.05, 3.63) is 72.3 Å². The fraction of sp³-hybridized carbons (Fsp3) is 0.125. The Balaban J connectivity index is 1.69. The second-order valence-electron chi connectivity index (χ2n) is 7.17. The van der Waals surface area contributed by atoms with Crippen LogP contribution in [0.2, 0.25) is 0 Å². The van der Waals surface area contributed by atoms with Gasteiger partial charge in [0, 0.05) is 16.7 Å². The predicted molar refractivity (Wildman–Crippen MR) is 113 cm³/mol. The van der Waals surface area contributed by atoms with Crippen molar-refractivity contribution in [2.24, 2.45) is 0 Å². The zero-order valence-corrected chi connectivity index (χ0v) is 16.9. The lowest BCUT2D eigenvalue weighted by Crippen LogP contribution is -2.04. The molecule has 0 unspecified atom stereocenters. The second kappa shape index (κ2) is 7.64. The molecule has 4 aromatic rings. The fourth-order valence-electron chi connectivity index (χ4n) is 3.64. The zero-order valence-electron chi connectivity index (χ0n) is 16.9. The van der Waals surface area contributed by atoms with Crippen LogP contribution in [-0.2, 0) is 6.18 Å². The molecule has 3 aromatic carbocycles. The molecular weight excluding hydrogens is 421 g/mol. The number of aromatic amines is 1. The number of nitrogens with one attached hydrogen (secondary N) is 1. The van der Waals surface area contributed by atoms with Crippen LogP contribution < -0.4 is 14.2 Å². The van der Waals surface area contributed by atoms with Crippen molar-refractivity contribution in [3.8, 4) is 51.2 Å². The van der Waals surface area contributed by atoms with Gasteiger partial charge < -0.3 is 19.2 Å². The normalized spacial score (nSPS) is 12.8. The van der Waals surface area contributed by atoms with Crippen LogP contribution in [0.15, 0.2) is 66.7 Å². The Bertz CT molecular complexity index is 1280. The minimum atomic E-state index is -4.45. The van der Waals surface area contributed by atoms with Gasteiger partial charge in [-0.1, -0.05) is 42.5 Å².